The first-order valence-corrected chi connectivity index (χ1v) is 12.2. The molecule has 0 unspecified atom stereocenters. The van der Waals surface area contributed by atoms with Gasteiger partial charge in [-0.05, 0) is 22.7 Å². The highest BCUT2D eigenvalue weighted by Gasteiger charge is 2.57. The fourth-order valence-electron chi connectivity index (χ4n) is 2.56. The maximum Gasteiger partial charge on any atom is 0.214 e. The summed E-state index contributed by atoms with van der Waals surface area (Å²) in [4.78, 5) is 0. The van der Waals surface area contributed by atoms with E-state index in [1.165, 1.54) is 0 Å². The van der Waals surface area contributed by atoms with Crippen LogP contribution >= 0.6 is 11.6 Å². The molecule has 1 heterocycles. The van der Waals surface area contributed by atoms with E-state index in [0.717, 1.165) is 5.56 Å². The lowest BCUT2D eigenvalue weighted by molar-refractivity contribution is 0.400. The Labute approximate surface area is 139 Å². The summed E-state index contributed by atoms with van der Waals surface area (Å²) in [6.45, 7) is 11.1. The van der Waals surface area contributed by atoms with Gasteiger partial charge in [-0.25, -0.2) is 12.4 Å². The van der Waals surface area contributed by atoms with E-state index < -0.39 is 29.6 Å². The van der Waals surface area contributed by atoms with Gasteiger partial charge in [0.15, 0.2) is 0 Å². The standard InChI is InChI=1S/C15H25ClN2O2SSi/c1-15(2,3)22(4,5)18-10-13(21(18,19)20)14(17)11-6-8-12(16)9-7-11/h6-9,13-14H,10,17H2,1-5H3/t13-,14+/m0/s1. The van der Waals surface area contributed by atoms with Crippen molar-refractivity contribution < 1.29 is 8.42 Å². The van der Waals surface area contributed by atoms with Crippen LogP contribution in [-0.2, 0) is 10.0 Å². The molecular formula is C15H25ClN2O2SSi. The van der Waals surface area contributed by atoms with Crippen molar-refractivity contribution in [3.63, 3.8) is 0 Å². The average Bonchev–Trinajstić information content (AvgIpc) is 2.36. The van der Waals surface area contributed by atoms with Crippen molar-refractivity contribution in [3.05, 3.63) is 34.9 Å². The summed E-state index contributed by atoms with van der Waals surface area (Å²) in [5.41, 5.74) is 7.02. The van der Waals surface area contributed by atoms with Crippen molar-refractivity contribution in [2.75, 3.05) is 6.54 Å². The van der Waals surface area contributed by atoms with Gasteiger partial charge in [0.1, 0.15) is 13.5 Å². The van der Waals surface area contributed by atoms with E-state index in [1.54, 1.807) is 28.2 Å². The van der Waals surface area contributed by atoms with Gasteiger partial charge in [0.05, 0.1) is 0 Å². The van der Waals surface area contributed by atoms with Crippen LogP contribution in [0.4, 0.5) is 0 Å². The summed E-state index contributed by atoms with van der Waals surface area (Å²) in [6, 6.07) is 6.58. The molecule has 0 aliphatic carbocycles. The molecule has 22 heavy (non-hydrogen) atoms. The van der Waals surface area contributed by atoms with Crippen molar-refractivity contribution in [2.45, 2.75) is 50.2 Å². The molecule has 1 fully saturated rings. The molecule has 4 nitrogen and oxygen atoms in total. The van der Waals surface area contributed by atoms with Gasteiger partial charge in [-0.3, -0.25) is 0 Å². The minimum atomic E-state index is -3.32. The molecule has 0 radical (unpaired) electrons. The third kappa shape index (κ3) is 2.87. The zero-order chi connectivity index (χ0) is 16.9. The van der Waals surface area contributed by atoms with Gasteiger partial charge >= 0.3 is 0 Å². The zero-order valence-electron chi connectivity index (χ0n) is 13.8. The van der Waals surface area contributed by atoms with Gasteiger partial charge in [-0.1, -0.05) is 57.6 Å². The van der Waals surface area contributed by atoms with Crippen molar-refractivity contribution in [2.24, 2.45) is 5.73 Å². The smallest absolute Gasteiger partial charge is 0.214 e. The molecule has 0 spiro atoms. The Morgan fingerprint density at radius 3 is 2.18 bits per heavy atom. The number of hydrogen-bond acceptors (Lipinski definition) is 3. The van der Waals surface area contributed by atoms with Gasteiger partial charge in [-0.2, -0.15) is 0 Å². The predicted molar refractivity (Wildman–Crippen MR) is 95.0 cm³/mol. The molecule has 1 aromatic carbocycles. The maximum absolute atomic E-state index is 12.8. The third-order valence-electron chi connectivity index (χ3n) is 5.15. The van der Waals surface area contributed by atoms with Crippen molar-refractivity contribution in [1.29, 1.82) is 0 Å². The molecule has 0 amide bonds. The topological polar surface area (TPSA) is 63.4 Å². The SMILES string of the molecule is CC(C)(C)[Si](C)(C)N1C[C@@H]([C@H](N)c2ccc(Cl)cc2)S1(=O)=O. The highest BCUT2D eigenvalue weighted by Crippen LogP contribution is 2.45. The van der Waals surface area contributed by atoms with Crippen LogP contribution in [0.1, 0.15) is 32.4 Å². The Hall–Kier alpha value is -0.403. The molecule has 124 valence electrons. The van der Waals surface area contributed by atoms with Gasteiger partial charge in [-0.15, -0.1) is 0 Å². The second-order valence-electron chi connectivity index (χ2n) is 7.50. The summed E-state index contributed by atoms with van der Waals surface area (Å²) in [5, 5.41) is 0.0631. The van der Waals surface area contributed by atoms with E-state index in [2.05, 4.69) is 33.9 Å². The number of sulfonamides is 1. The normalized spacial score (nSPS) is 23.9. The number of rotatable bonds is 3. The molecular weight excluding hydrogens is 336 g/mol. The van der Waals surface area contributed by atoms with Crippen LogP contribution in [0.2, 0.25) is 23.2 Å². The second kappa shape index (κ2) is 5.60. The molecule has 2 rings (SSSR count). The molecule has 1 aromatic rings. The second-order valence-corrected chi connectivity index (χ2v) is 15.5. The largest absolute Gasteiger partial charge is 0.323 e. The lowest BCUT2D eigenvalue weighted by Crippen LogP contribution is -2.70. The summed E-state index contributed by atoms with van der Waals surface area (Å²) in [5.74, 6) is 0. The fourth-order valence-corrected chi connectivity index (χ4v) is 9.29. The summed E-state index contributed by atoms with van der Waals surface area (Å²) >= 11 is 5.87. The monoisotopic (exact) mass is 360 g/mol. The van der Waals surface area contributed by atoms with Crippen molar-refractivity contribution >= 4 is 29.9 Å². The molecule has 7 heteroatoms. The van der Waals surface area contributed by atoms with Crippen molar-refractivity contribution in [1.82, 2.24) is 3.97 Å². The molecule has 1 saturated heterocycles. The Balaban J connectivity index is 2.23. The maximum atomic E-state index is 12.8. The first-order valence-electron chi connectivity index (χ1n) is 7.42. The first-order chi connectivity index (χ1) is 9.89. The van der Waals surface area contributed by atoms with Crippen LogP contribution in [0.3, 0.4) is 0 Å². The number of halogens is 1. The van der Waals surface area contributed by atoms with Crippen LogP contribution in [0.25, 0.3) is 0 Å². The van der Waals surface area contributed by atoms with E-state index in [1.807, 2.05) is 0 Å². The molecule has 1 aliphatic heterocycles. The predicted octanol–water partition coefficient (Wildman–Crippen LogP) is 3.36. The molecule has 1 aliphatic rings. The number of benzene rings is 1. The summed E-state index contributed by atoms with van der Waals surface area (Å²) in [6.07, 6.45) is 0. The summed E-state index contributed by atoms with van der Waals surface area (Å²) in [7, 11) is -5.41. The molecule has 0 saturated carbocycles. The van der Waals surface area contributed by atoms with E-state index in [0.29, 0.717) is 11.6 Å². The Morgan fingerprint density at radius 2 is 1.77 bits per heavy atom. The van der Waals surface area contributed by atoms with Gasteiger partial charge in [0.2, 0.25) is 10.0 Å². The van der Waals surface area contributed by atoms with Gasteiger partial charge in [0, 0.05) is 17.6 Å². The Bertz CT molecular complexity index is 653. The van der Waals surface area contributed by atoms with E-state index >= 15 is 0 Å². The lowest BCUT2D eigenvalue weighted by Gasteiger charge is -2.53. The van der Waals surface area contributed by atoms with Gasteiger partial charge in [0.25, 0.3) is 0 Å². The van der Waals surface area contributed by atoms with Crippen LogP contribution in [0.5, 0.6) is 0 Å². The minimum absolute atomic E-state index is 0.0184. The zero-order valence-corrected chi connectivity index (χ0v) is 16.4. The van der Waals surface area contributed by atoms with E-state index in [9.17, 15) is 8.42 Å². The highest BCUT2D eigenvalue weighted by atomic mass is 35.5. The Kier molecular flexibility index (Phi) is 4.56. The number of hydrogen-bond donors (Lipinski definition) is 1. The minimum Gasteiger partial charge on any atom is -0.323 e. The Morgan fingerprint density at radius 1 is 1.27 bits per heavy atom. The molecule has 0 aromatic heterocycles. The molecule has 2 N–H and O–H groups in total. The van der Waals surface area contributed by atoms with E-state index in [4.69, 9.17) is 17.3 Å². The quantitative estimate of drug-likeness (QED) is 0.840. The number of nitrogens with two attached hydrogens (primary N) is 1. The van der Waals surface area contributed by atoms with E-state index in [-0.39, 0.29) is 5.04 Å². The van der Waals surface area contributed by atoms with Crippen LogP contribution < -0.4 is 5.73 Å². The average molecular weight is 361 g/mol. The fraction of sp³-hybridized carbons (Fsp3) is 0.600. The lowest BCUT2D eigenvalue weighted by atomic mass is 10.0. The van der Waals surface area contributed by atoms with Crippen LogP contribution in [-0.4, -0.2) is 32.4 Å². The third-order valence-corrected chi connectivity index (χ3v) is 14.6. The molecule has 0 bridgehead atoms. The molecule has 2 atom stereocenters. The summed E-state index contributed by atoms with van der Waals surface area (Å²) < 4.78 is 27.3. The van der Waals surface area contributed by atoms with Gasteiger partial charge < -0.3 is 5.73 Å². The first kappa shape index (κ1) is 17.9. The number of nitrogens with zero attached hydrogens (tertiary/aromatic N) is 1. The highest BCUT2D eigenvalue weighted by molar-refractivity contribution is 7.92. The van der Waals surface area contributed by atoms with Crippen LogP contribution in [0.15, 0.2) is 24.3 Å². The van der Waals surface area contributed by atoms with Crippen LogP contribution in [0, 0.1) is 0 Å². The van der Waals surface area contributed by atoms with Crippen molar-refractivity contribution in [3.8, 4) is 0 Å².